The highest BCUT2D eigenvalue weighted by Gasteiger charge is 2.30. The van der Waals surface area contributed by atoms with Gasteiger partial charge in [0.05, 0.1) is 18.8 Å². The summed E-state index contributed by atoms with van der Waals surface area (Å²) in [6.45, 7) is 7.91. The van der Waals surface area contributed by atoms with Gasteiger partial charge in [-0.05, 0) is 60.3 Å². The summed E-state index contributed by atoms with van der Waals surface area (Å²) >= 11 is 5.05. The van der Waals surface area contributed by atoms with E-state index in [2.05, 4.69) is 45.3 Å². The Balaban J connectivity index is 1.98. The number of rotatable bonds is 9. The molecule has 1 atom stereocenters. The molecular formula is C20H30BrN3O3S. The number of hydrogen-bond donors (Lipinski definition) is 2. The van der Waals surface area contributed by atoms with Crippen LogP contribution in [0.5, 0.6) is 0 Å². The van der Waals surface area contributed by atoms with E-state index in [-0.39, 0.29) is 17.4 Å². The van der Waals surface area contributed by atoms with E-state index < -0.39 is 6.04 Å². The van der Waals surface area contributed by atoms with Crippen molar-refractivity contribution in [3.8, 4) is 0 Å². The van der Waals surface area contributed by atoms with Crippen molar-refractivity contribution in [2.45, 2.75) is 31.8 Å². The lowest BCUT2D eigenvalue weighted by atomic mass is 10.0. The molecule has 0 spiro atoms. The van der Waals surface area contributed by atoms with Gasteiger partial charge < -0.3 is 15.4 Å². The fourth-order valence-corrected chi connectivity index (χ4v) is 4.03. The van der Waals surface area contributed by atoms with Crippen LogP contribution in [0.3, 0.4) is 0 Å². The summed E-state index contributed by atoms with van der Waals surface area (Å²) < 4.78 is 6.13. The van der Waals surface area contributed by atoms with Gasteiger partial charge in [0, 0.05) is 29.6 Å². The first-order chi connectivity index (χ1) is 13.3. The second kappa shape index (κ2) is 11.2. The fraction of sp³-hybridized carbons (Fsp3) is 0.600. The summed E-state index contributed by atoms with van der Waals surface area (Å²) in [6.07, 6.45) is 2.58. The SMILES string of the molecule is CSCC[C@@H](NC(=O)c1ccccc1Br)C(=O)NCC(C)(C)N1CCOCC1. The van der Waals surface area contributed by atoms with E-state index in [4.69, 9.17) is 4.74 Å². The third kappa shape index (κ3) is 6.76. The lowest BCUT2D eigenvalue weighted by Gasteiger charge is -2.41. The highest BCUT2D eigenvalue weighted by Crippen LogP contribution is 2.17. The Morgan fingerprint density at radius 1 is 1.29 bits per heavy atom. The first-order valence-corrected chi connectivity index (χ1v) is 11.7. The van der Waals surface area contributed by atoms with Gasteiger partial charge >= 0.3 is 0 Å². The molecular weight excluding hydrogens is 442 g/mol. The summed E-state index contributed by atoms with van der Waals surface area (Å²) in [4.78, 5) is 27.8. The monoisotopic (exact) mass is 471 g/mol. The van der Waals surface area contributed by atoms with Gasteiger partial charge in [-0.25, -0.2) is 0 Å². The van der Waals surface area contributed by atoms with Gasteiger partial charge in [0.2, 0.25) is 5.91 Å². The van der Waals surface area contributed by atoms with Crippen LogP contribution in [0.1, 0.15) is 30.6 Å². The Kier molecular flexibility index (Phi) is 9.27. The van der Waals surface area contributed by atoms with E-state index in [1.165, 1.54) is 0 Å². The Morgan fingerprint density at radius 2 is 1.96 bits per heavy atom. The van der Waals surface area contributed by atoms with Crippen LogP contribution in [0.15, 0.2) is 28.7 Å². The molecule has 1 aliphatic rings. The number of halogens is 1. The quantitative estimate of drug-likeness (QED) is 0.578. The van der Waals surface area contributed by atoms with Crippen LogP contribution in [0.25, 0.3) is 0 Å². The summed E-state index contributed by atoms with van der Waals surface area (Å²) in [7, 11) is 0. The number of thioether (sulfide) groups is 1. The summed E-state index contributed by atoms with van der Waals surface area (Å²) in [5.74, 6) is 0.401. The van der Waals surface area contributed by atoms with Crippen molar-refractivity contribution in [3.05, 3.63) is 34.3 Å². The number of nitrogens with zero attached hydrogens (tertiary/aromatic N) is 1. The number of hydrogen-bond acceptors (Lipinski definition) is 5. The number of carbonyl (C=O) groups excluding carboxylic acids is 2. The summed E-state index contributed by atoms with van der Waals surface area (Å²) in [5.41, 5.74) is 0.355. The van der Waals surface area contributed by atoms with E-state index in [0.717, 1.165) is 32.1 Å². The van der Waals surface area contributed by atoms with Crippen LogP contribution in [0.2, 0.25) is 0 Å². The molecule has 1 aromatic rings. The Hall–Kier alpha value is -1.09. The first-order valence-electron chi connectivity index (χ1n) is 9.50. The van der Waals surface area contributed by atoms with Gasteiger partial charge in [-0.15, -0.1) is 0 Å². The number of carbonyl (C=O) groups is 2. The largest absolute Gasteiger partial charge is 0.379 e. The van der Waals surface area contributed by atoms with Crippen molar-refractivity contribution in [1.29, 1.82) is 0 Å². The number of ether oxygens (including phenoxy) is 1. The van der Waals surface area contributed by atoms with Crippen LogP contribution < -0.4 is 10.6 Å². The van der Waals surface area contributed by atoms with Crippen LogP contribution in [-0.2, 0) is 9.53 Å². The maximum absolute atomic E-state index is 12.8. The predicted octanol–water partition coefficient (Wildman–Crippen LogP) is 2.53. The zero-order valence-electron chi connectivity index (χ0n) is 16.8. The average Bonchev–Trinajstić information content (AvgIpc) is 2.70. The molecule has 0 saturated carbocycles. The molecule has 1 fully saturated rings. The second-order valence-electron chi connectivity index (χ2n) is 7.42. The molecule has 28 heavy (non-hydrogen) atoms. The highest BCUT2D eigenvalue weighted by molar-refractivity contribution is 9.10. The first kappa shape index (κ1) is 23.2. The van der Waals surface area contributed by atoms with Gasteiger partial charge in [-0.3, -0.25) is 14.5 Å². The third-order valence-corrected chi connectivity index (χ3v) is 6.25. The topological polar surface area (TPSA) is 70.7 Å². The normalized spacial score (nSPS) is 16.4. The molecule has 156 valence electrons. The van der Waals surface area contributed by atoms with Crippen molar-refractivity contribution >= 4 is 39.5 Å². The summed E-state index contributed by atoms with van der Waals surface area (Å²) in [5, 5.41) is 5.94. The van der Waals surface area contributed by atoms with Gasteiger partial charge in [0.25, 0.3) is 5.91 Å². The van der Waals surface area contributed by atoms with Crippen molar-refractivity contribution in [3.63, 3.8) is 0 Å². The molecule has 0 aromatic heterocycles. The van der Waals surface area contributed by atoms with Gasteiger partial charge in [0.1, 0.15) is 6.04 Å². The number of morpholine rings is 1. The number of benzene rings is 1. The van der Waals surface area contributed by atoms with E-state index in [1.807, 2.05) is 24.5 Å². The maximum atomic E-state index is 12.8. The molecule has 0 radical (unpaired) electrons. The van der Waals surface area contributed by atoms with Crippen LogP contribution >= 0.6 is 27.7 Å². The van der Waals surface area contributed by atoms with Crippen molar-refractivity contribution in [2.75, 3.05) is 44.9 Å². The van der Waals surface area contributed by atoms with Gasteiger partial charge in [0.15, 0.2) is 0 Å². The van der Waals surface area contributed by atoms with Crippen LogP contribution in [-0.4, -0.2) is 73.2 Å². The zero-order chi connectivity index (χ0) is 20.6. The van der Waals surface area contributed by atoms with Crippen LogP contribution in [0.4, 0.5) is 0 Å². The van der Waals surface area contributed by atoms with Gasteiger partial charge in [-0.1, -0.05) is 12.1 Å². The fourth-order valence-electron chi connectivity index (χ4n) is 3.09. The third-order valence-electron chi connectivity index (χ3n) is 4.91. The molecule has 2 amide bonds. The molecule has 6 nitrogen and oxygen atoms in total. The molecule has 1 heterocycles. The number of nitrogens with one attached hydrogen (secondary N) is 2. The van der Waals surface area contributed by atoms with Crippen molar-refractivity contribution in [1.82, 2.24) is 15.5 Å². The maximum Gasteiger partial charge on any atom is 0.253 e. The zero-order valence-corrected chi connectivity index (χ0v) is 19.2. The van der Waals surface area contributed by atoms with Crippen LogP contribution in [0, 0.1) is 0 Å². The molecule has 8 heteroatoms. The standard InChI is InChI=1S/C20H30BrN3O3S/c1-20(2,24-9-11-27-12-10-24)14-22-19(26)17(8-13-28-3)23-18(25)15-6-4-5-7-16(15)21/h4-7,17H,8-14H2,1-3H3,(H,22,26)(H,23,25)/t17-/m1/s1. The van der Waals surface area contributed by atoms with E-state index >= 15 is 0 Å². The highest BCUT2D eigenvalue weighted by atomic mass is 79.9. The van der Waals surface area contributed by atoms with E-state index in [1.54, 1.807) is 17.8 Å². The molecule has 1 aromatic carbocycles. The minimum Gasteiger partial charge on any atom is -0.379 e. The van der Waals surface area contributed by atoms with Gasteiger partial charge in [-0.2, -0.15) is 11.8 Å². The molecule has 0 bridgehead atoms. The van der Waals surface area contributed by atoms with Crippen molar-refractivity contribution < 1.29 is 14.3 Å². The minimum atomic E-state index is -0.562. The number of amides is 2. The summed E-state index contributed by atoms with van der Waals surface area (Å²) in [6, 6.07) is 6.66. The Labute approximate surface area is 180 Å². The molecule has 2 N–H and O–H groups in total. The molecule has 0 aliphatic carbocycles. The van der Waals surface area contributed by atoms with E-state index in [0.29, 0.717) is 23.0 Å². The lowest BCUT2D eigenvalue weighted by molar-refractivity contribution is -0.123. The molecule has 1 aliphatic heterocycles. The molecule has 1 saturated heterocycles. The average molecular weight is 472 g/mol. The molecule has 2 rings (SSSR count). The Bertz CT molecular complexity index is 666. The van der Waals surface area contributed by atoms with E-state index in [9.17, 15) is 9.59 Å². The minimum absolute atomic E-state index is 0.143. The lowest BCUT2D eigenvalue weighted by Crippen LogP contribution is -2.57. The smallest absolute Gasteiger partial charge is 0.253 e. The Morgan fingerprint density at radius 3 is 2.61 bits per heavy atom. The predicted molar refractivity (Wildman–Crippen MR) is 118 cm³/mol. The van der Waals surface area contributed by atoms with Crippen molar-refractivity contribution in [2.24, 2.45) is 0 Å². The molecule has 0 unspecified atom stereocenters. The second-order valence-corrected chi connectivity index (χ2v) is 9.26.